The van der Waals surface area contributed by atoms with Gasteiger partial charge in [0.15, 0.2) is 0 Å². The topological polar surface area (TPSA) is 26.3 Å². The number of halogens is 4. The third-order valence-electron chi connectivity index (χ3n) is 2.00. The van der Waals surface area contributed by atoms with Crippen molar-refractivity contribution in [3.63, 3.8) is 0 Å². The Kier molecular flexibility index (Phi) is 5.25. The summed E-state index contributed by atoms with van der Waals surface area (Å²) < 4.78 is 42.2. The molecular weight excluding hydrogens is 281 g/mol. The number of hydrogen-bond donors (Lipinski definition) is 0. The number of carbonyl (C=O) groups is 1. The molecule has 0 aliphatic carbocycles. The highest BCUT2D eigenvalue weighted by atomic mass is 35.5. The smallest absolute Gasteiger partial charge is 0.416 e. The Bertz CT molecular complexity index is 527. The second-order valence-corrected chi connectivity index (χ2v) is 3.95. The van der Waals surface area contributed by atoms with Gasteiger partial charge in [-0.3, -0.25) is 4.79 Å². The van der Waals surface area contributed by atoms with Gasteiger partial charge in [-0.2, -0.15) is 13.2 Å². The van der Waals surface area contributed by atoms with E-state index in [1.807, 2.05) is 0 Å². The molecule has 1 aromatic rings. The molecule has 102 valence electrons. The van der Waals surface area contributed by atoms with E-state index in [1.54, 1.807) is 6.92 Å². The molecular formula is C13H10ClF3O2. The van der Waals surface area contributed by atoms with Crippen LogP contribution >= 0.6 is 11.6 Å². The number of rotatable bonds is 2. The number of alkyl halides is 3. The number of esters is 1. The highest BCUT2D eigenvalue weighted by Gasteiger charge is 2.30. The number of hydrogen-bond acceptors (Lipinski definition) is 2. The minimum absolute atomic E-state index is 0.0599. The van der Waals surface area contributed by atoms with Crippen molar-refractivity contribution in [1.29, 1.82) is 0 Å². The Morgan fingerprint density at radius 1 is 1.37 bits per heavy atom. The lowest BCUT2D eigenvalue weighted by atomic mass is 10.1. The van der Waals surface area contributed by atoms with E-state index in [0.29, 0.717) is 0 Å². The zero-order chi connectivity index (χ0) is 14.5. The molecule has 0 amide bonds. The van der Waals surface area contributed by atoms with Crippen molar-refractivity contribution in [3.8, 4) is 11.8 Å². The van der Waals surface area contributed by atoms with E-state index < -0.39 is 17.7 Å². The van der Waals surface area contributed by atoms with Gasteiger partial charge in [-0.05, 0) is 25.1 Å². The van der Waals surface area contributed by atoms with E-state index in [4.69, 9.17) is 11.6 Å². The van der Waals surface area contributed by atoms with E-state index in [-0.39, 0.29) is 23.6 Å². The normalized spacial score (nSPS) is 10.6. The van der Waals surface area contributed by atoms with Gasteiger partial charge in [-0.1, -0.05) is 23.4 Å². The van der Waals surface area contributed by atoms with Gasteiger partial charge in [0.25, 0.3) is 0 Å². The Morgan fingerprint density at radius 3 is 2.63 bits per heavy atom. The van der Waals surface area contributed by atoms with Crippen LogP contribution in [0.5, 0.6) is 0 Å². The molecule has 0 unspecified atom stereocenters. The molecule has 0 aromatic heterocycles. The fourth-order valence-electron chi connectivity index (χ4n) is 1.26. The molecule has 0 saturated carbocycles. The third kappa shape index (κ3) is 5.23. The van der Waals surface area contributed by atoms with Crippen molar-refractivity contribution in [2.45, 2.75) is 19.5 Å². The lowest BCUT2D eigenvalue weighted by Gasteiger charge is -2.07. The molecule has 0 spiro atoms. The number of benzene rings is 1. The van der Waals surface area contributed by atoms with Crippen LogP contribution in [0.3, 0.4) is 0 Å². The molecule has 1 rings (SSSR count). The molecule has 0 aliphatic heterocycles. The monoisotopic (exact) mass is 290 g/mol. The zero-order valence-electron chi connectivity index (χ0n) is 9.97. The van der Waals surface area contributed by atoms with E-state index >= 15 is 0 Å². The second kappa shape index (κ2) is 6.48. The van der Waals surface area contributed by atoms with Crippen molar-refractivity contribution >= 4 is 17.6 Å². The first-order chi connectivity index (χ1) is 8.82. The molecule has 0 aliphatic rings. The molecule has 0 fully saturated rings. The highest BCUT2D eigenvalue weighted by molar-refractivity contribution is 6.30. The van der Waals surface area contributed by atoms with Gasteiger partial charge in [0.1, 0.15) is 6.42 Å². The van der Waals surface area contributed by atoms with Crippen LogP contribution in [0.2, 0.25) is 5.02 Å². The first-order valence-electron chi connectivity index (χ1n) is 5.35. The maximum Gasteiger partial charge on any atom is 0.416 e. The van der Waals surface area contributed by atoms with Gasteiger partial charge in [0, 0.05) is 10.6 Å². The Labute approximate surface area is 113 Å². The lowest BCUT2D eigenvalue weighted by Crippen LogP contribution is -2.05. The average Bonchev–Trinajstić information content (AvgIpc) is 2.27. The number of ether oxygens (including phenoxy) is 1. The van der Waals surface area contributed by atoms with Gasteiger partial charge < -0.3 is 4.74 Å². The Hall–Kier alpha value is -1.67. The van der Waals surface area contributed by atoms with Crippen molar-refractivity contribution < 1.29 is 22.7 Å². The third-order valence-corrected chi connectivity index (χ3v) is 2.21. The van der Waals surface area contributed by atoms with Crippen LogP contribution in [0.25, 0.3) is 0 Å². The van der Waals surface area contributed by atoms with Crippen LogP contribution in [-0.4, -0.2) is 12.6 Å². The molecule has 0 saturated heterocycles. The van der Waals surface area contributed by atoms with E-state index in [9.17, 15) is 18.0 Å². The molecule has 0 atom stereocenters. The standard InChI is InChI=1S/C13H10ClF3O2/c1-2-19-12(18)5-3-4-9-6-10(13(15,16)17)8-11(14)7-9/h6-8H,2,5H2,1H3. The van der Waals surface area contributed by atoms with E-state index in [0.717, 1.165) is 12.1 Å². The maximum atomic E-state index is 12.5. The summed E-state index contributed by atoms with van der Waals surface area (Å²) in [5.41, 5.74) is -0.774. The van der Waals surface area contributed by atoms with Crippen molar-refractivity contribution in [2.75, 3.05) is 6.61 Å². The summed E-state index contributed by atoms with van der Waals surface area (Å²) in [5.74, 6) is 4.37. The summed E-state index contributed by atoms with van der Waals surface area (Å²) in [6.07, 6.45) is -4.66. The van der Waals surface area contributed by atoms with Crippen LogP contribution in [0.4, 0.5) is 13.2 Å². The van der Waals surface area contributed by atoms with Crippen molar-refractivity contribution in [2.24, 2.45) is 0 Å². The quantitative estimate of drug-likeness (QED) is 0.614. The summed E-state index contributed by atoms with van der Waals surface area (Å²) in [6, 6.07) is 3.00. The van der Waals surface area contributed by atoms with E-state index in [2.05, 4.69) is 16.6 Å². The number of carbonyl (C=O) groups excluding carboxylic acids is 1. The predicted octanol–water partition coefficient (Wildman–Crippen LogP) is 3.66. The molecule has 2 nitrogen and oxygen atoms in total. The van der Waals surface area contributed by atoms with Gasteiger partial charge in [-0.25, -0.2) is 0 Å². The van der Waals surface area contributed by atoms with Crippen LogP contribution in [0, 0.1) is 11.8 Å². The molecule has 6 heteroatoms. The molecule has 1 aromatic carbocycles. The molecule has 0 heterocycles. The van der Waals surface area contributed by atoms with Crippen LogP contribution in [0.1, 0.15) is 24.5 Å². The summed E-state index contributed by atoms with van der Waals surface area (Å²) in [6.45, 7) is 1.88. The summed E-state index contributed by atoms with van der Waals surface area (Å²) >= 11 is 5.59. The van der Waals surface area contributed by atoms with Crippen LogP contribution in [-0.2, 0) is 15.7 Å². The SMILES string of the molecule is CCOC(=O)CC#Cc1cc(Cl)cc(C(F)(F)F)c1. The summed E-state index contributed by atoms with van der Waals surface area (Å²) in [5, 5.41) is -0.0599. The lowest BCUT2D eigenvalue weighted by molar-refractivity contribution is -0.142. The minimum atomic E-state index is -4.48. The first kappa shape index (κ1) is 15.4. The Balaban J connectivity index is 2.88. The largest absolute Gasteiger partial charge is 0.465 e. The summed E-state index contributed by atoms with van der Waals surface area (Å²) in [4.78, 5) is 11.0. The maximum absolute atomic E-state index is 12.5. The Morgan fingerprint density at radius 2 is 2.05 bits per heavy atom. The van der Waals surface area contributed by atoms with Gasteiger partial charge in [-0.15, -0.1) is 0 Å². The predicted molar refractivity (Wildman–Crippen MR) is 64.6 cm³/mol. The molecule has 0 radical (unpaired) electrons. The zero-order valence-corrected chi connectivity index (χ0v) is 10.7. The van der Waals surface area contributed by atoms with Gasteiger partial charge in [0.2, 0.25) is 0 Å². The van der Waals surface area contributed by atoms with Crippen molar-refractivity contribution in [1.82, 2.24) is 0 Å². The molecule has 0 N–H and O–H groups in total. The average molecular weight is 291 g/mol. The van der Waals surface area contributed by atoms with Crippen LogP contribution in [0.15, 0.2) is 18.2 Å². The second-order valence-electron chi connectivity index (χ2n) is 3.51. The minimum Gasteiger partial charge on any atom is -0.465 e. The molecule has 19 heavy (non-hydrogen) atoms. The summed E-state index contributed by atoms with van der Waals surface area (Å²) in [7, 11) is 0. The first-order valence-corrected chi connectivity index (χ1v) is 5.73. The van der Waals surface area contributed by atoms with Crippen molar-refractivity contribution in [3.05, 3.63) is 34.3 Å². The highest BCUT2D eigenvalue weighted by Crippen LogP contribution is 2.31. The fourth-order valence-corrected chi connectivity index (χ4v) is 1.49. The van der Waals surface area contributed by atoms with E-state index in [1.165, 1.54) is 6.07 Å². The molecule has 0 bridgehead atoms. The van der Waals surface area contributed by atoms with Crippen LogP contribution < -0.4 is 0 Å². The van der Waals surface area contributed by atoms with Gasteiger partial charge >= 0.3 is 12.1 Å². The van der Waals surface area contributed by atoms with Gasteiger partial charge in [0.05, 0.1) is 12.2 Å². The fraction of sp³-hybridized carbons (Fsp3) is 0.308.